The first-order chi connectivity index (χ1) is 7.88. The third-order valence-corrected chi connectivity index (χ3v) is 2.20. The van der Waals surface area contributed by atoms with Crippen molar-refractivity contribution in [2.75, 3.05) is 13.6 Å². The summed E-state index contributed by atoms with van der Waals surface area (Å²) in [6, 6.07) is 0. The lowest BCUT2D eigenvalue weighted by atomic mass is 10.2. The molecule has 0 aromatic rings. The van der Waals surface area contributed by atoms with Crippen LogP contribution in [0.1, 0.15) is 26.7 Å². The van der Waals surface area contributed by atoms with Crippen LogP contribution < -0.4 is 5.11 Å². The van der Waals surface area contributed by atoms with Gasteiger partial charge in [-0.3, -0.25) is 10.3 Å². The van der Waals surface area contributed by atoms with Gasteiger partial charge in [-0.1, -0.05) is 13.0 Å². The SMILES string of the molecule is C=C([O-])/C=C(\C/C=C(\C)N(C)[O-])N(O)CCC. The number of rotatable bonds is 7. The molecular weight excluding hydrogens is 220 g/mol. The smallest absolute Gasteiger partial charge is 0.0447 e. The average Bonchev–Trinajstić information content (AvgIpc) is 2.23. The van der Waals surface area contributed by atoms with E-state index in [1.54, 1.807) is 13.0 Å². The number of allylic oxidation sites excluding steroid dienone is 3. The zero-order valence-electron chi connectivity index (χ0n) is 10.6. The van der Waals surface area contributed by atoms with Crippen LogP contribution in [0.4, 0.5) is 0 Å². The molecule has 0 amide bonds. The molecule has 0 aliphatic carbocycles. The lowest BCUT2D eigenvalue weighted by Gasteiger charge is -2.26. The molecule has 5 nitrogen and oxygen atoms in total. The van der Waals surface area contributed by atoms with Gasteiger partial charge in [0.05, 0.1) is 0 Å². The number of hydroxylamine groups is 4. The van der Waals surface area contributed by atoms with E-state index in [1.807, 2.05) is 6.92 Å². The van der Waals surface area contributed by atoms with Crippen LogP contribution in [-0.4, -0.2) is 28.9 Å². The third-order valence-electron chi connectivity index (χ3n) is 2.20. The molecular formula is C12H20N2O3-2. The monoisotopic (exact) mass is 240 g/mol. The second-order valence-corrected chi connectivity index (χ2v) is 3.77. The van der Waals surface area contributed by atoms with Crippen molar-refractivity contribution >= 4 is 0 Å². The van der Waals surface area contributed by atoms with Gasteiger partial charge in [0.1, 0.15) is 0 Å². The van der Waals surface area contributed by atoms with Gasteiger partial charge in [-0.15, -0.1) is 12.3 Å². The van der Waals surface area contributed by atoms with E-state index in [2.05, 4.69) is 6.58 Å². The van der Waals surface area contributed by atoms with Crippen LogP contribution in [0.5, 0.6) is 0 Å². The van der Waals surface area contributed by atoms with Crippen molar-refractivity contribution in [3.8, 4) is 0 Å². The van der Waals surface area contributed by atoms with Crippen molar-refractivity contribution in [3.05, 3.63) is 41.1 Å². The lowest BCUT2D eigenvalue weighted by Crippen LogP contribution is -2.20. The molecule has 0 unspecified atom stereocenters. The van der Waals surface area contributed by atoms with E-state index in [9.17, 15) is 15.5 Å². The Morgan fingerprint density at radius 2 is 2.06 bits per heavy atom. The summed E-state index contributed by atoms with van der Waals surface area (Å²) in [7, 11) is 1.39. The number of hydrogen-bond acceptors (Lipinski definition) is 5. The molecule has 98 valence electrons. The Hall–Kier alpha value is -1.46. The van der Waals surface area contributed by atoms with E-state index in [0.29, 0.717) is 24.4 Å². The summed E-state index contributed by atoms with van der Waals surface area (Å²) in [5.41, 5.74) is 0.963. The average molecular weight is 240 g/mol. The number of hydrogen-bond donors (Lipinski definition) is 1. The minimum absolute atomic E-state index is 0.316. The van der Waals surface area contributed by atoms with Crippen LogP contribution in [0.2, 0.25) is 0 Å². The molecule has 0 saturated heterocycles. The molecule has 0 rings (SSSR count). The van der Waals surface area contributed by atoms with E-state index < -0.39 is 0 Å². The number of nitrogens with zero attached hydrogens (tertiary/aromatic N) is 2. The van der Waals surface area contributed by atoms with Crippen LogP contribution in [0.25, 0.3) is 0 Å². The van der Waals surface area contributed by atoms with E-state index in [0.717, 1.165) is 16.5 Å². The minimum atomic E-state index is -0.378. The molecule has 1 N–H and O–H groups in total. The fourth-order valence-corrected chi connectivity index (χ4v) is 1.16. The molecule has 0 radical (unpaired) electrons. The highest BCUT2D eigenvalue weighted by Crippen LogP contribution is 2.12. The Labute approximate surface area is 102 Å². The maximum Gasteiger partial charge on any atom is 0.0447 e. The summed E-state index contributed by atoms with van der Waals surface area (Å²) in [4.78, 5) is 0. The van der Waals surface area contributed by atoms with Crippen LogP contribution in [0, 0.1) is 5.21 Å². The summed E-state index contributed by atoms with van der Waals surface area (Å²) in [5.74, 6) is -0.378. The van der Waals surface area contributed by atoms with Gasteiger partial charge in [-0.25, -0.2) is 0 Å². The predicted molar refractivity (Wildman–Crippen MR) is 65.5 cm³/mol. The maximum atomic E-state index is 10.9. The largest absolute Gasteiger partial charge is 0.873 e. The maximum absolute atomic E-state index is 10.9. The molecule has 0 aliphatic rings. The highest BCUT2D eigenvalue weighted by molar-refractivity contribution is 5.16. The van der Waals surface area contributed by atoms with Crippen molar-refractivity contribution in [1.29, 1.82) is 0 Å². The molecule has 0 aliphatic heterocycles. The van der Waals surface area contributed by atoms with Gasteiger partial charge in [-0.2, -0.15) is 0 Å². The van der Waals surface area contributed by atoms with E-state index >= 15 is 0 Å². The molecule has 0 fully saturated rings. The standard InChI is InChI=1S/C12H21N2O3/c1-5-8-14(17)12(9-11(3)15)7-6-10(2)13(4)16/h6,9,15,17H,3,5,7-8H2,1-2,4H3/q-1/p-1/b10-6+,12-9+. The van der Waals surface area contributed by atoms with E-state index in [-0.39, 0.29) is 5.76 Å². The molecule has 5 heteroatoms. The molecule has 0 saturated carbocycles. The fraction of sp³-hybridized carbons (Fsp3) is 0.500. The second-order valence-electron chi connectivity index (χ2n) is 3.77. The lowest BCUT2D eigenvalue weighted by molar-refractivity contribution is -0.294. The van der Waals surface area contributed by atoms with Gasteiger partial charge < -0.3 is 15.4 Å². The quantitative estimate of drug-likeness (QED) is 0.415. The fourth-order valence-electron chi connectivity index (χ4n) is 1.16. The molecule has 0 aromatic heterocycles. The minimum Gasteiger partial charge on any atom is -0.873 e. The predicted octanol–water partition coefficient (Wildman–Crippen LogP) is 1.57. The third kappa shape index (κ3) is 6.65. The Morgan fingerprint density at radius 3 is 2.47 bits per heavy atom. The highest BCUT2D eigenvalue weighted by Gasteiger charge is 2.03. The molecule has 0 atom stereocenters. The summed E-state index contributed by atoms with van der Waals surface area (Å²) < 4.78 is 0. The molecule has 0 aromatic carbocycles. The Kier molecular flexibility index (Phi) is 7.09. The van der Waals surface area contributed by atoms with Gasteiger partial charge in [0.2, 0.25) is 0 Å². The topological polar surface area (TPSA) is 72.8 Å². The molecule has 0 spiro atoms. The van der Waals surface area contributed by atoms with Gasteiger partial charge in [0.25, 0.3) is 0 Å². The highest BCUT2D eigenvalue weighted by atomic mass is 16.5. The van der Waals surface area contributed by atoms with Crippen molar-refractivity contribution in [2.45, 2.75) is 26.7 Å². The van der Waals surface area contributed by atoms with Crippen molar-refractivity contribution in [2.24, 2.45) is 0 Å². The molecule has 0 heterocycles. The van der Waals surface area contributed by atoms with Crippen LogP contribution in [0.15, 0.2) is 35.9 Å². The second kappa shape index (κ2) is 7.76. The van der Waals surface area contributed by atoms with E-state index in [4.69, 9.17) is 0 Å². The van der Waals surface area contributed by atoms with Crippen molar-refractivity contribution in [1.82, 2.24) is 10.1 Å². The van der Waals surface area contributed by atoms with Crippen molar-refractivity contribution in [3.63, 3.8) is 0 Å². The summed E-state index contributed by atoms with van der Waals surface area (Å²) >= 11 is 0. The van der Waals surface area contributed by atoms with Crippen LogP contribution >= 0.6 is 0 Å². The summed E-state index contributed by atoms with van der Waals surface area (Å²) in [5, 5.41) is 33.3. The first kappa shape index (κ1) is 15.5. The first-order valence-corrected chi connectivity index (χ1v) is 5.49. The molecule has 0 bridgehead atoms. The Balaban J connectivity index is 4.73. The Bertz CT molecular complexity index is 309. The summed E-state index contributed by atoms with van der Waals surface area (Å²) in [6.07, 6.45) is 3.99. The summed E-state index contributed by atoms with van der Waals surface area (Å²) in [6.45, 7) is 7.25. The zero-order valence-corrected chi connectivity index (χ0v) is 10.6. The van der Waals surface area contributed by atoms with Gasteiger partial charge in [0, 0.05) is 18.7 Å². The molecule has 17 heavy (non-hydrogen) atoms. The zero-order chi connectivity index (χ0) is 13.4. The normalized spacial score (nSPS) is 12.5. The van der Waals surface area contributed by atoms with Gasteiger partial charge >= 0.3 is 0 Å². The van der Waals surface area contributed by atoms with Crippen LogP contribution in [-0.2, 0) is 0 Å². The first-order valence-electron chi connectivity index (χ1n) is 5.49. The Morgan fingerprint density at radius 1 is 1.47 bits per heavy atom. The van der Waals surface area contributed by atoms with Crippen molar-refractivity contribution < 1.29 is 10.3 Å². The van der Waals surface area contributed by atoms with Crippen LogP contribution in [0.3, 0.4) is 0 Å². The van der Waals surface area contributed by atoms with Gasteiger partial charge in [0.15, 0.2) is 0 Å². The van der Waals surface area contributed by atoms with Gasteiger partial charge in [-0.05, 0) is 32.2 Å². The van der Waals surface area contributed by atoms with E-state index in [1.165, 1.54) is 13.1 Å².